The molecule has 1 aromatic carbocycles. The van der Waals surface area contributed by atoms with E-state index in [1.807, 2.05) is 27.7 Å². The smallest absolute Gasteiger partial charge is 0.251 e. The van der Waals surface area contributed by atoms with Gasteiger partial charge in [0.05, 0.1) is 11.0 Å². The number of hydrogen-bond donors (Lipinski definition) is 2. The minimum atomic E-state index is -3.65. The molecule has 0 radical (unpaired) electrons. The van der Waals surface area contributed by atoms with E-state index in [-0.39, 0.29) is 29.5 Å². The van der Waals surface area contributed by atoms with Crippen LogP contribution in [-0.2, 0) is 14.8 Å². The Morgan fingerprint density at radius 3 is 2.46 bits per heavy atom. The van der Waals surface area contributed by atoms with Gasteiger partial charge < -0.3 is 10.1 Å². The highest BCUT2D eigenvalue weighted by molar-refractivity contribution is 7.89. The van der Waals surface area contributed by atoms with Gasteiger partial charge in [-0.1, -0.05) is 6.07 Å². The summed E-state index contributed by atoms with van der Waals surface area (Å²) in [6, 6.07) is 4.55. The lowest BCUT2D eigenvalue weighted by Crippen LogP contribution is -2.31. The zero-order chi connectivity index (χ0) is 18.3. The highest BCUT2D eigenvalue weighted by atomic mass is 32.2. The molecule has 0 aliphatic carbocycles. The van der Waals surface area contributed by atoms with Crippen molar-refractivity contribution in [2.24, 2.45) is 0 Å². The predicted molar refractivity (Wildman–Crippen MR) is 94.7 cm³/mol. The number of aryl methyl sites for hydroxylation is 1. The summed E-state index contributed by atoms with van der Waals surface area (Å²) < 4.78 is 32.6. The number of nitrogens with one attached hydrogen (secondary N) is 2. The van der Waals surface area contributed by atoms with E-state index in [1.165, 1.54) is 12.1 Å². The number of carbonyl (C=O) groups excluding carboxylic acids is 1. The van der Waals surface area contributed by atoms with E-state index in [2.05, 4.69) is 10.0 Å². The SMILES string of the molecule is Cc1ccc(S(=O)(=O)NCCCOC(C)C)cc1C(=O)NC(C)C. The molecule has 7 heteroatoms. The first-order chi connectivity index (χ1) is 11.1. The van der Waals surface area contributed by atoms with Gasteiger partial charge in [-0.2, -0.15) is 0 Å². The van der Waals surface area contributed by atoms with E-state index in [9.17, 15) is 13.2 Å². The maximum absolute atomic E-state index is 12.4. The fourth-order valence-corrected chi connectivity index (χ4v) is 3.13. The van der Waals surface area contributed by atoms with Gasteiger partial charge in [0, 0.05) is 24.8 Å². The third-order valence-corrected chi connectivity index (χ3v) is 4.71. The van der Waals surface area contributed by atoms with Crippen molar-refractivity contribution in [2.75, 3.05) is 13.2 Å². The molecule has 0 fully saturated rings. The lowest BCUT2D eigenvalue weighted by Gasteiger charge is -2.13. The Labute approximate surface area is 145 Å². The number of sulfonamides is 1. The largest absolute Gasteiger partial charge is 0.379 e. The molecule has 0 unspecified atom stereocenters. The second-order valence-corrected chi connectivity index (χ2v) is 8.04. The number of ether oxygens (including phenoxy) is 1. The monoisotopic (exact) mass is 356 g/mol. The lowest BCUT2D eigenvalue weighted by molar-refractivity contribution is 0.0778. The van der Waals surface area contributed by atoms with Crippen molar-refractivity contribution in [2.45, 2.75) is 58.1 Å². The minimum absolute atomic E-state index is 0.0174. The summed E-state index contributed by atoms with van der Waals surface area (Å²) in [5, 5.41) is 2.78. The number of hydrogen-bond acceptors (Lipinski definition) is 4. The van der Waals surface area contributed by atoms with E-state index in [0.29, 0.717) is 18.6 Å². The van der Waals surface area contributed by atoms with Gasteiger partial charge in [-0.25, -0.2) is 13.1 Å². The Balaban J connectivity index is 2.79. The first-order valence-corrected chi connectivity index (χ1v) is 9.64. The van der Waals surface area contributed by atoms with Crippen LogP contribution >= 0.6 is 0 Å². The molecule has 0 aliphatic rings. The summed E-state index contributed by atoms with van der Waals surface area (Å²) in [6.07, 6.45) is 0.713. The van der Waals surface area contributed by atoms with E-state index < -0.39 is 10.0 Å². The summed E-state index contributed by atoms with van der Waals surface area (Å²) in [6.45, 7) is 10.1. The summed E-state index contributed by atoms with van der Waals surface area (Å²) in [4.78, 5) is 12.3. The highest BCUT2D eigenvalue weighted by Crippen LogP contribution is 2.16. The maximum atomic E-state index is 12.4. The van der Waals surface area contributed by atoms with Crippen LogP contribution in [-0.4, -0.2) is 39.6 Å². The molecule has 136 valence electrons. The quantitative estimate of drug-likeness (QED) is 0.665. The Kier molecular flexibility index (Phi) is 7.86. The first kappa shape index (κ1) is 20.6. The molecule has 1 rings (SSSR count). The van der Waals surface area contributed by atoms with E-state index in [1.54, 1.807) is 13.0 Å². The molecule has 1 amide bonds. The van der Waals surface area contributed by atoms with Crippen molar-refractivity contribution in [1.82, 2.24) is 10.0 Å². The molecule has 0 spiro atoms. The lowest BCUT2D eigenvalue weighted by atomic mass is 10.1. The second kappa shape index (κ2) is 9.15. The standard InChI is InChI=1S/C17H28N2O4S/c1-12(2)19-17(20)16-11-15(8-7-14(16)5)24(21,22)18-9-6-10-23-13(3)4/h7-8,11-13,18H,6,9-10H2,1-5H3,(H,19,20). The number of rotatable bonds is 9. The van der Waals surface area contributed by atoms with Crippen LogP contribution in [0.5, 0.6) is 0 Å². The number of amides is 1. The van der Waals surface area contributed by atoms with Crippen LogP contribution in [0, 0.1) is 6.92 Å². The zero-order valence-electron chi connectivity index (χ0n) is 15.0. The summed E-state index contributed by atoms with van der Waals surface area (Å²) >= 11 is 0. The molecule has 24 heavy (non-hydrogen) atoms. The second-order valence-electron chi connectivity index (χ2n) is 6.28. The van der Waals surface area contributed by atoms with Crippen LogP contribution < -0.4 is 10.0 Å². The normalized spacial score (nSPS) is 12.0. The van der Waals surface area contributed by atoms with E-state index >= 15 is 0 Å². The first-order valence-electron chi connectivity index (χ1n) is 8.16. The maximum Gasteiger partial charge on any atom is 0.251 e. The topological polar surface area (TPSA) is 84.5 Å². The molecule has 0 atom stereocenters. The molecular weight excluding hydrogens is 328 g/mol. The molecule has 0 bridgehead atoms. The van der Waals surface area contributed by atoms with Crippen LogP contribution in [0.15, 0.2) is 23.1 Å². The third-order valence-electron chi connectivity index (χ3n) is 3.25. The van der Waals surface area contributed by atoms with Gasteiger partial charge in [0.15, 0.2) is 0 Å². The summed E-state index contributed by atoms with van der Waals surface area (Å²) in [5.74, 6) is -0.273. The van der Waals surface area contributed by atoms with Crippen LogP contribution in [0.1, 0.15) is 50.0 Å². The predicted octanol–water partition coefficient (Wildman–Crippen LogP) is 2.23. The number of benzene rings is 1. The Morgan fingerprint density at radius 1 is 1.21 bits per heavy atom. The van der Waals surface area contributed by atoms with Crippen LogP contribution in [0.25, 0.3) is 0 Å². The number of carbonyl (C=O) groups is 1. The Bertz CT molecular complexity index is 655. The summed E-state index contributed by atoms with van der Waals surface area (Å²) in [7, 11) is -3.65. The van der Waals surface area contributed by atoms with E-state index in [0.717, 1.165) is 5.56 Å². The van der Waals surface area contributed by atoms with Crippen molar-refractivity contribution < 1.29 is 17.9 Å². The molecule has 6 nitrogen and oxygen atoms in total. The molecule has 2 N–H and O–H groups in total. The molecular formula is C17H28N2O4S. The summed E-state index contributed by atoms with van der Waals surface area (Å²) in [5.41, 5.74) is 1.10. The van der Waals surface area contributed by atoms with Crippen LogP contribution in [0.3, 0.4) is 0 Å². The highest BCUT2D eigenvalue weighted by Gasteiger charge is 2.18. The molecule has 0 saturated carbocycles. The molecule has 1 aromatic rings. The van der Waals surface area contributed by atoms with Gasteiger partial charge in [-0.05, 0) is 58.7 Å². The van der Waals surface area contributed by atoms with Crippen molar-refractivity contribution >= 4 is 15.9 Å². The fourth-order valence-electron chi connectivity index (χ4n) is 2.03. The van der Waals surface area contributed by atoms with Crippen molar-refractivity contribution in [3.8, 4) is 0 Å². The molecule has 0 heterocycles. The van der Waals surface area contributed by atoms with E-state index in [4.69, 9.17) is 4.74 Å². The fraction of sp³-hybridized carbons (Fsp3) is 0.588. The molecule has 0 aromatic heterocycles. The van der Waals surface area contributed by atoms with Gasteiger partial charge in [0.1, 0.15) is 0 Å². The van der Waals surface area contributed by atoms with Crippen LogP contribution in [0.4, 0.5) is 0 Å². The average Bonchev–Trinajstić information content (AvgIpc) is 2.45. The van der Waals surface area contributed by atoms with Crippen molar-refractivity contribution in [3.05, 3.63) is 29.3 Å². The molecule has 0 aliphatic heterocycles. The third kappa shape index (κ3) is 6.59. The van der Waals surface area contributed by atoms with Crippen LogP contribution in [0.2, 0.25) is 0 Å². The van der Waals surface area contributed by atoms with Gasteiger partial charge in [-0.3, -0.25) is 4.79 Å². The average molecular weight is 356 g/mol. The minimum Gasteiger partial charge on any atom is -0.379 e. The van der Waals surface area contributed by atoms with Crippen molar-refractivity contribution in [3.63, 3.8) is 0 Å². The van der Waals surface area contributed by atoms with Gasteiger partial charge in [-0.15, -0.1) is 0 Å². The zero-order valence-corrected chi connectivity index (χ0v) is 15.9. The Hall–Kier alpha value is -1.44. The van der Waals surface area contributed by atoms with Crippen molar-refractivity contribution in [1.29, 1.82) is 0 Å². The Morgan fingerprint density at radius 2 is 1.88 bits per heavy atom. The van der Waals surface area contributed by atoms with Gasteiger partial charge in [0.25, 0.3) is 5.91 Å². The molecule has 0 saturated heterocycles. The van der Waals surface area contributed by atoms with Gasteiger partial charge in [0.2, 0.25) is 10.0 Å². The van der Waals surface area contributed by atoms with Gasteiger partial charge >= 0.3 is 0 Å².